The van der Waals surface area contributed by atoms with Crippen LogP contribution in [0.25, 0.3) is 0 Å². The molecule has 3 unspecified atom stereocenters. The lowest BCUT2D eigenvalue weighted by molar-refractivity contribution is -0.122. The van der Waals surface area contributed by atoms with Crippen molar-refractivity contribution in [1.29, 1.82) is 0 Å². The molecule has 1 amide bonds. The SMILES string of the molecule is COC(C)CCC(=O)NC(C)C1CCNC1. The van der Waals surface area contributed by atoms with Crippen molar-refractivity contribution in [2.45, 2.75) is 45.3 Å². The van der Waals surface area contributed by atoms with Crippen molar-refractivity contribution in [3.63, 3.8) is 0 Å². The van der Waals surface area contributed by atoms with Crippen LogP contribution < -0.4 is 10.6 Å². The number of hydrogen-bond donors (Lipinski definition) is 2. The van der Waals surface area contributed by atoms with Crippen molar-refractivity contribution in [2.24, 2.45) is 5.92 Å². The molecule has 0 radical (unpaired) electrons. The highest BCUT2D eigenvalue weighted by molar-refractivity contribution is 5.76. The summed E-state index contributed by atoms with van der Waals surface area (Å²) >= 11 is 0. The smallest absolute Gasteiger partial charge is 0.220 e. The Hall–Kier alpha value is -0.610. The Morgan fingerprint density at radius 3 is 2.88 bits per heavy atom. The molecule has 1 aliphatic heterocycles. The average Bonchev–Trinajstić information content (AvgIpc) is 2.79. The van der Waals surface area contributed by atoms with Gasteiger partial charge in [0.05, 0.1) is 6.10 Å². The van der Waals surface area contributed by atoms with Gasteiger partial charge in [-0.3, -0.25) is 4.79 Å². The lowest BCUT2D eigenvalue weighted by atomic mass is 10.0. The van der Waals surface area contributed by atoms with Crippen molar-refractivity contribution in [3.05, 3.63) is 0 Å². The standard InChI is InChI=1S/C12H24N2O2/c1-9(16-3)4-5-12(15)14-10(2)11-6-7-13-8-11/h9-11,13H,4-8H2,1-3H3,(H,14,15). The molecule has 1 heterocycles. The van der Waals surface area contributed by atoms with Crippen LogP contribution in [0.2, 0.25) is 0 Å². The molecule has 94 valence electrons. The first-order valence-corrected chi connectivity index (χ1v) is 6.16. The molecule has 1 fully saturated rings. The first kappa shape index (κ1) is 13.5. The molecule has 0 spiro atoms. The van der Waals surface area contributed by atoms with Gasteiger partial charge >= 0.3 is 0 Å². The molecule has 3 atom stereocenters. The average molecular weight is 228 g/mol. The Labute approximate surface area is 98.1 Å². The summed E-state index contributed by atoms with van der Waals surface area (Å²) in [5.74, 6) is 0.729. The molecule has 0 saturated carbocycles. The predicted octanol–water partition coefficient (Wildman–Crippen LogP) is 0.916. The highest BCUT2D eigenvalue weighted by atomic mass is 16.5. The van der Waals surface area contributed by atoms with E-state index in [1.807, 2.05) is 6.92 Å². The minimum atomic E-state index is 0.142. The van der Waals surface area contributed by atoms with Crippen LogP contribution in [0.4, 0.5) is 0 Å². The summed E-state index contributed by atoms with van der Waals surface area (Å²) in [6, 6.07) is 0.278. The van der Waals surface area contributed by atoms with Crippen molar-refractivity contribution in [2.75, 3.05) is 20.2 Å². The van der Waals surface area contributed by atoms with Gasteiger partial charge < -0.3 is 15.4 Å². The molecule has 4 nitrogen and oxygen atoms in total. The number of hydrogen-bond acceptors (Lipinski definition) is 3. The molecule has 2 N–H and O–H groups in total. The van der Waals surface area contributed by atoms with E-state index in [-0.39, 0.29) is 18.1 Å². The molecule has 0 aliphatic carbocycles. The van der Waals surface area contributed by atoms with Gasteiger partial charge in [0.1, 0.15) is 0 Å². The van der Waals surface area contributed by atoms with E-state index in [0.717, 1.165) is 25.9 Å². The van der Waals surface area contributed by atoms with Crippen molar-refractivity contribution >= 4 is 5.91 Å². The van der Waals surface area contributed by atoms with Crippen molar-refractivity contribution in [3.8, 4) is 0 Å². The second-order valence-electron chi connectivity index (χ2n) is 4.69. The fourth-order valence-corrected chi connectivity index (χ4v) is 2.00. The third kappa shape index (κ3) is 4.49. The molecule has 0 aromatic heterocycles. The van der Waals surface area contributed by atoms with E-state index in [4.69, 9.17) is 4.74 Å². The van der Waals surface area contributed by atoms with Gasteiger partial charge in [0.15, 0.2) is 0 Å². The minimum Gasteiger partial charge on any atom is -0.382 e. The quantitative estimate of drug-likeness (QED) is 0.710. The van der Waals surface area contributed by atoms with E-state index in [1.165, 1.54) is 0 Å². The minimum absolute atomic E-state index is 0.142. The van der Waals surface area contributed by atoms with E-state index in [1.54, 1.807) is 7.11 Å². The Morgan fingerprint density at radius 2 is 2.31 bits per heavy atom. The molecule has 0 aromatic carbocycles. The van der Waals surface area contributed by atoms with Gasteiger partial charge in [-0.1, -0.05) is 0 Å². The zero-order chi connectivity index (χ0) is 12.0. The fraction of sp³-hybridized carbons (Fsp3) is 0.917. The fourth-order valence-electron chi connectivity index (χ4n) is 2.00. The predicted molar refractivity (Wildman–Crippen MR) is 64.3 cm³/mol. The summed E-state index contributed by atoms with van der Waals surface area (Å²) in [4.78, 5) is 11.6. The second kappa shape index (κ2) is 6.86. The van der Waals surface area contributed by atoms with Crippen LogP contribution in [0.3, 0.4) is 0 Å². The normalized spacial score (nSPS) is 24.1. The lowest BCUT2D eigenvalue weighted by Crippen LogP contribution is -2.39. The number of rotatable bonds is 6. The summed E-state index contributed by atoms with van der Waals surface area (Å²) in [6.07, 6.45) is 2.67. The Kier molecular flexibility index (Phi) is 5.77. The molecular weight excluding hydrogens is 204 g/mol. The number of nitrogens with one attached hydrogen (secondary N) is 2. The molecule has 0 aromatic rings. The van der Waals surface area contributed by atoms with Crippen LogP contribution in [-0.4, -0.2) is 38.3 Å². The van der Waals surface area contributed by atoms with Gasteiger partial charge in [0.2, 0.25) is 5.91 Å². The molecule has 1 saturated heterocycles. The molecular formula is C12H24N2O2. The van der Waals surface area contributed by atoms with Crippen LogP contribution in [-0.2, 0) is 9.53 Å². The molecule has 16 heavy (non-hydrogen) atoms. The van der Waals surface area contributed by atoms with E-state index in [2.05, 4.69) is 17.6 Å². The van der Waals surface area contributed by atoms with Gasteiger partial charge in [-0.25, -0.2) is 0 Å². The highest BCUT2D eigenvalue weighted by Crippen LogP contribution is 2.12. The summed E-state index contributed by atoms with van der Waals surface area (Å²) in [7, 11) is 1.68. The monoisotopic (exact) mass is 228 g/mol. The van der Waals surface area contributed by atoms with Crippen molar-refractivity contribution < 1.29 is 9.53 Å². The molecule has 1 aliphatic rings. The van der Waals surface area contributed by atoms with Gasteiger partial charge in [-0.05, 0) is 45.7 Å². The topological polar surface area (TPSA) is 50.4 Å². The van der Waals surface area contributed by atoms with Crippen molar-refractivity contribution in [1.82, 2.24) is 10.6 Å². The van der Waals surface area contributed by atoms with Crippen LogP contribution in [0.1, 0.15) is 33.1 Å². The summed E-state index contributed by atoms with van der Waals surface area (Å²) < 4.78 is 5.12. The third-order valence-electron chi connectivity index (χ3n) is 3.37. The van der Waals surface area contributed by atoms with Crippen LogP contribution in [0.15, 0.2) is 0 Å². The Bertz CT molecular complexity index is 215. The van der Waals surface area contributed by atoms with Gasteiger partial charge in [-0.15, -0.1) is 0 Å². The number of methoxy groups -OCH3 is 1. The maximum absolute atomic E-state index is 11.6. The van der Waals surface area contributed by atoms with Crippen LogP contribution in [0, 0.1) is 5.92 Å². The van der Waals surface area contributed by atoms with Gasteiger partial charge in [0.25, 0.3) is 0 Å². The van der Waals surface area contributed by atoms with Crippen LogP contribution >= 0.6 is 0 Å². The van der Waals surface area contributed by atoms with E-state index < -0.39 is 0 Å². The number of amides is 1. The van der Waals surface area contributed by atoms with Gasteiger partial charge in [0, 0.05) is 19.6 Å². The summed E-state index contributed by atoms with van der Waals surface area (Å²) in [5, 5.41) is 6.38. The van der Waals surface area contributed by atoms with E-state index >= 15 is 0 Å². The highest BCUT2D eigenvalue weighted by Gasteiger charge is 2.22. The molecule has 4 heteroatoms. The maximum atomic E-state index is 11.6. The first-order chi connectivity index (χ1) is 7.63. The number of carbonyl (C=O) groups excluding carboxylic acids is 1. The van der Waals surface area contributed by atoms with Crippen LogP contribution in [0.5, 0.6) is 0 Å². The zero-order valence-corrected chi connectivity index (χ0v) is 10.6. The van der Waals surface area contributed by atoms with Gasteiger partial charge in [-0.2, -0.15) is 0 Å². The second-order valence-corrected chi connectivity index (χ2v) is 4.69. The largest absolute Gasteiger partial charge is 0.382 e. The van der Waals surface area contributed by atoms with E-state index in [9.17, 15) is 4.79 Å². The summed E-state index contributed by atoms with van der Waals surface area (Å²) in [6.45, 7) is 6.18. The molecule has 0 bridgehead atoms. The number of carbonyl (C=O) groups is 1. The third-order valence-corrected chi connectivity index (χ3v) is 3.37. The summed E-state index contributed by atoms with van der Waals surface area (Å²) in [5.41, 5.74) is 0. The van der Waals surface area contributed by atoms with E-state index in [0.29, 0.717) is 12.3 Å². The maximum Gasteiger partial charge on any atom is 0.220 e. The lowest BCUT2D eigenvalue weighted by Gasteiger charge is -2.20. The first-order valence-electron chi connectivity index (χ1n) is 6.16. The zero-order valence-electron chi connectivity index (χ0n) is 10.6. The Morgan fingerprint density at radius 1 is 1.56 bits per heavy atom. The molecule has 1 rings (SSSR count). The Balaban J connectivity index is 2.17. The number of ether oxygens (including phenoxy) is 1.